The maximum Gasteiger partial charge on any atom is 0.314 e. The van der Waals surface area contributed by atoms with Gasteiger partial charge in [-0.25, -0.2) is 9.97 Å². The Hall–Kier alpha value is -2.41. The van der Waals surface area contributed by atoms with E-state index >= 15 is 0 Å². The van der Waals surface area contributed by atoms with E-state index in [-0.39, 0.29) is 28.2 Å². The molecule has 19 heavy (non-hydrogen) atoms. The van der Waals surface area contributed by atoms with E-state index in [0.717, 1.165) is 0 Å². The van der Waals surface area contributed by atoms with Crippen molar-refractivity contribution in [1.29, 1.82) is 0 Å². The van der Waals surface area contributed by atoms with Crippen LogP contribution in [0.2, 0.25) is 5.15 Å². The molecule has 1 aromatic heterocycles. The summed E-state index contributed by atoms with van der Waals surface area (Å²) in [4.78, 5) is 17.8. The van der Waals surface area contributed by atoms with E-state index in [4.69, 9.17) is 21.1 Å². The van der Waals surface area contributed by atoms with Crippen LogP contribution in [0, 0.1) is 10.1 Å². The van der Waals surface area contributed by atoms with E-state index in [0.29, 0.717) is 0 Å². The highest BCUT2D eigenvalue weighted by Gasteiger charge is 2.16. The smallest absolute Gasteiger partial charge is 0.314 e. The van der Waals surface area contributed by atoms with Crippen molar-refractivity contribution in [3.8, 4) is 17.4 Å². The summed E-state index contributed by atoms with van der Waals surface area (Å²) in [5, 5.41) is 11.1. The average Bonchev–Trinajstić information content (AvgIpc) is 2.38. The van der Waals surface area contributed by atoms with E-state index < -0.39 is 4.92 Å². The fourth-order valence-corrected chi connectivity index (χ4v) is 1.51. The first-order valence-corrected chi connectivity index (χ1v) is 5.46. The quantitative estimate of drug-likeness (QED) is 0.486. The monoisotopic (exact) mass is 281 g/mol. The largest absolute Gasteiger partial charge is 0.490 e. The van der Waals surface area contributed by atoms with E-state index in [1.165, 1.54) is 37.7 Å². The van der Waals surface area contributed by atoms with Gasteiger partial charge in [-0.1, -0.05) is 11.6 Å². The number of hydrogen-bond donors (Lipinski definition) is 0. The maximum atomic E-state index is 10.9. The summed E-state index contributed by atoms with van der Waals surface area (Å²) >= 11 is 5.68. The van der Waals surface area contributed by atoms with Gasteiger partial charge in [-0.05, 0) is 12.1 Å². The number of nitro benzene ring substituents is 1. The molecule has 1 aromatic carbocycles. The fourth-order valence-electron chi connectivity index (χ4n) is 1.37. The molecule has 0 unspecified atom stereocenters. The van der Waals surface area contributed by atoms with Crippen molar-refractivity contribution in [3.05, 3.63) is 45.9 Å². The molecule has 0 amide bonds. The number of aromatic nitrogens is 2. The Kier molecular flexibility index (Phi) is 3.76. The zero-order chi connectivity index (χ0) is 13.8. The molecule has 0 radical (unpaired) electrons. The lowest BCUT2D eigenvalue weighted by Gasteiger charge is -2.06. The number of ether oxygens (including phenoxy) is 2. The molecule has 2 rings (SSSR count). The Bertz CT molecular complexity index is 621. The second-order valence-electron chi connectivity index (χ2n) is 3.37. The van der Waals surface area contributed by atoms with Crippen LogP contribution in [0.25, 0.3) is 0 Å². The van der Waals surface area contributed by atoms with Gasteiger partial charge in [0, 0.05) is 6.07 Å². The second kappa shape index (κ2) is 5.49. The second-order valence-corrected chi connectivity index (χ2v) is 3.76. The molecule has 7 nitrogen and oxygen atoms in total. The first kappa shape index (κ1) is 13.0. The van der Waals surface area contributed by atoms with Gasteiger partial charge in [0.2, 0.25) is 5.88 Å². The lowest BCUT2D eigenvalue weighted by atomic mass is 10.3. The fraction of sp³-hybridized carbons (Fsp3) is 0.0909. The van der Waals surface area contributed by atoms with Crippen LogP contribution in [0.15, 0.2) is 30.6 Å². The van der Waals surface area contributed by atoms with Crippen LogP contribution in [0.1, 0.15) is 0 Å². The average molecular weight is 282 g/mol. The molecule has 0 N–H and O–H groups in total. The summed E-state index contributed by atoms with van der Waals surface area (Å²) in [6.07, 6.45) is 1.23. The van der Waals surface area contributed by atoms with E-state index in [9.17, 15) is 10.1 Å². The topological polar surface area (TPSA) is 87.4 Å². The Morgan fingerprint density at radius 3 is 2.74 bits per heavy atom. The van der Waals surface area contributed by atoms with Gasteiger partial charge in [0.1, 0.15) is 17.2 Å². The summed E-state index contributed by atoms with van der Waals surface area (Å²) in [5.41, 5.74) is -0.194. The first-order valence-electron chi connectivity index (χ1n) is 5.08. The summed E-state index contributed by atoms with van der Waals surface area (Å²) < 4.78 is 10.2. The third-order valence-corrected chi connectivity index (χ3v) is 2.38. The van der Waals surface area contributed by atoms with Gasteiger partial charge in [-0.15, -0.1) is 0 Å². The van der Waals surface area contributed by atoms with Crippen molar-refractivity contribution in [3.63, 3.8) is 0 Å². The van der Waals surface area contributed by atoms with Gasteiger partial charge in [0.15, 0.2) is 5.75 Å². The van der Waals surface area contributed by atoms with Crippen molar-refractivity contribution in [2.45, 2.75) is 0 Å². The number of halogens is 1. The third kappa shape index (κ3) is 3.08. The maximum absolute atomic E-state index is 10.9. The predicted octanol–water partition coefficient (Wildman–Crippen LogP) is 2.84. The van der Waals surface area contributed by atoms with E-state index in [2.05, 4.69) is 9.97 Å². The molecule has 0 saturated carbocycles. The van der Waals surface area contributed by atoms with Crippen LogP contribution in [0.3, 0.4) is 0 Å². The predicted molar refractivity (Wildman–Crippen MR) is 66.8 cm³/mol. The standard InChI is InChI=1S/C11H8ClN3O4/c1-18-9-3-2-7(4-8(9)15(16)17)19-11-5-10(12)13-6-14-11/h2-6H,1H3. The number of benzene rings is 1. The molecule has 0 aliphatic rings. The van der Waals surface area contributed by atoms with Gasteiger partial charge in [0.25, 0.3) is 0 Å². The van der Waals surface area contributed by atoms with Crippen LogP contribution in [0.4, 0.5) is 5.69 Å². The molecule has 0 spiro atoms. The molecule has 0 fully saturated rings. The number of nitrogens with zero attached hydrogens (tertiary/aromatic N) is 3. The Balaban J connectivity index is 2.31. The zero-order valence-electron chi connectivity index (χ0n) is 9.74. The van der Waals surface area contributed by atoms with Crippen molar-refractivity contribution in [2.75, 3.05) is 7.11 Å². The lowest BCUT2D eigenvalue weighted by Crippen LogP contribution is -1.95. The number of nitro groups is 1. The lowest BCUT2D eigenvalue weighted by molar-refractivity contribution is -0.385. The molecule has 0 atom stereocenters. The highest BCUT2D eigenvalue weighted by molar-refractivity contribution is 6.29. The SMILES string of the molecule is COc1ccc(Oc2cc(Cl)ncn2)cc1[N+](=O)[O-]. The molecule has 98 valence electrons. The Morgan fingerprint density at radius 1 is 1.32 bits per heavy atom. The molecule has 2 aromatic rings. The van der Waals surface area contributed by atoms with E-state index in [1.54, 1.807) is 0 Å². The van der Waals surface area contributed by atoms with Crippen LogP contribution < -0.4 is 9.47 Å². The summed E-state index contributed by atoms with van der Waals surface area (Å²) in [6.45, 7) is 0. The minimum atomic E-state index is -0.557. The third-order valence-electron chi connectivity index (χ3n) is 2.18. The Morgan fingerprint density at radius 2 is 2.11 bits per heavy atom. The van der Waals surface area contributed by atoms with Gasteiger partial charge < -0.3 is 9.47 Å². The van der Waals surface area contributed by atoms with Gasteiger partial charge in [0.05, 0.1) is 18.1 Å². The van der Waals surface area contributed by atoms with Crippen LogP contribution in [-0.2, 0) is 0 Å². The number of rotatable bonds is 4. The van der Waals surface area contributed by atoms with Gasteiger partial charge in [-0.3, -0.25) is 10.1 Å². The van der Waals surface area contributed by atoms with E-state index in [1.807, 2.05) is 0 Å². The molecule has 0 bridgehead atoms. The van der Waals surface area contributed by atoms with Gasteiger partial charge >= 0.3 is 5.69 Å². The van der Waals surface area contributed by atoms with Crippen molar-refractivity contribution < 1.29 is 14.4 Å². The minimum absolute atomic E-state index is 0.151. The molecule has 0 saturated heterocycles. The van der Waals surface area contributed by atoms with Crippen molar-refractivity contribution in [2.24, 2.45) is 0 Å². The van der Waals surface area contributed by atoms with Crippen LogP contribution in [0.5, 0.6) is 17.4 Å². The highest BCUT2D eigenvalue weighted by atomic mass is 35.5. The normalized spacial score (nSPS) is 10.0. The Labute approximate surface area is 112 Å². The summed E-state index contributed by atoms with van der Waals surface area (Å²) in [6, 6.07) is 5.62. The summed E-state index contributed by atoms with van der Waals surface area (Å²) in [7, 11) is 1.35. The minimum Gasteiger partial charge on any atom is -0.490 e. The van der Waals surface area contributed by atoms with Gasteiger partial charge in [-0.2, -0.15) is 0 Å². The molecule has 0 aliphatic carbocycles. The molecular formula is C11H8ClN3O4. The molecule has 1 heterocycles. The number of methoxy groups -OCH3 is 1. The first-order chi connectivity index (χ1) is 9.10. The highest BCUT2D eigenvalue weighted by Crippen LogP contribution is 2.32. The number of hydrogen-bond acceptors (Lipinski definition) is 6. The molecule has 0 aliphatic heterocycles. The molecule has 8 heteroatoms. The van der Waals surface area contributed by atoms with Crippen molar-refractivity contribution >= 4 is 17.3 Å². The molecular weight excluding hydrogens is 274 g/mol. The van der Waals surface area contributed by atoms with Crippen LogP contribution in [-0.4, -0.2) is 22.0 Å². The summed E-state index contributed by atoms with van der Waals surface area (Å²) in [5.74, 6) is 0.597. The van der Waals surface area contributed by atoms with Crippen LogP contribution >= 0.6 is 11.6 Å². The zero-order valence-corrected chi connectivity index (χ0v) is 10.5. The van der Waals surface area contributed by atoms with Crippen molar-refractivity contribution in [1.82, 2.24) is 9.97 Å².